The largest absolute Gasteiger partial charge is 0.385 e. The summed E-state index contributed by atoms with van der Waals surface area (Å²) < 4.78 is 4.90. The molecule has 1 heterocycles. The summed E-state index contributed by atoms with van der Waals surface area (Å²) in [6.45, 7) is 3.04. The van der Waals surface area contributed by atoms with Crippen LogP contribution in [0.2, 0.25) is 0 Å². The van der Waals surface area contributed by atoms with E-state index >= 15 is 0 Å². The number of piperidine rings is 1. The van der Waals surface area contributed by atoms with E-state index in [-0.39, 0.29) is 36.7 Å². The van der Waals surface area contributed by atoms with Gasteiger partial charge in [0.05, 0.1) is 12.5 Å². The molecule has 2 N–H and O–H groups in total. The number of carbonyl (C=O) groups excluding carboxylic acids is 2. The molecule has 118 valence electrons. The van der Waals surface area contributed by atoms with Gasteiger partial charge in [-0.15, -0.1) is 12.4 Å². The van der Waals surface area contributed by atoms with E-state index in [0.29, 0.717) is 13.2 Å². The van der Waals surface area contributed by atoms with Crippen molar-refractivity contribution in [3.8, 4) is 0 Å². The fraction of sp³-hybridized carbons (Fsp3) is 0.846. The van der Waals surface area contributed by atoms with E-state index in [1.54, 1.807) is 14.2 Å². The van der Waals surface area contributed by atoms with Crippen LogP contribution in [-0.2, 0) is 14.3 Å². The standard InChI is InChI=1S/C13H25N3O3.ClH/c1-16(10-12(17)15-7-4-8-19-2)13(18)11-5-3-6-14-9-11;/h11,14H,3-10H2,1-2H3,(H,15,17);1H. The lowest BCUT2D eigenvalue weighted by Gasteiger charge is -2.26. The minimum atomic E-state index is -0.115. The molecule has 0 aromatic carbocycles. The molecule has 0 saturated carbocycles. The van der Waals surface area contributed by atoms with Crippen LogP contribution in [0.3, 0.4) is 0 Å². The molecular weight excluding hydrogens is 282 g/mol. The van der Waals surface area contributed by atoms with Crippen LogP contribution < -0.4 is 10.6 Å². The van der Waals surface area contributed by atoms with Gasteiger partial charge in [0, 0.05) is 33.9 Å². The Morgan fingerprint density at radius 3 is 2.80 bits per heavy atom. The molecule has 6 nitrogen and oxygen atoms in total. The quantitative estimate of drug-likeness (QED) is 0.651. The fourth-order valence-corrected chi connectivity index (χ4v) is 2.17. The third kappa shape index (κ3) is 7.07. The molecule has 0 aromatic rings. The Kier molecular flexibility index (Phi) is 10.4. The zero-order valence-electron chi connectivity index (χ0n) is 12.3. The van der Waals surface area contributed by atoms with Crippen molar-refractivity contribution in [2.24, 2.45) is 5.92 Å². The SMILES string of the molecule is COCCCNC(=O)CN(C)C(=O)C1CCCNC1.Cl. The predicted octanol–water partition coefficient (Wildman–Crippen LogP) is 0.0189. The Morgan fingerprint density at radius 1 is 1.45 bits per heavy atom. The number of ether oxygens (including phenoxy) is 1. The predicted molar refractivity (Wildman–Crippen MR) is 80.0 cm³/mol. The van der Waals surface area contributed by atoms with Gasteiger partial charge in [0.2, 0.25) is 11.8 Å². The minimum Gasteiger partial charge on any atom is -0.385 e. The fourth-order valence-electron chi connectivity index (χ4n) is 2.17. The summed E-state index contributed by atoms with van der Waals surface area (Å²) in [5, 5.41) is 5.99. The van der Waals surface area contributed by atoms with Crippen LogP contribution in [-0.4, -0.2) is 63.7 Å². The number of hydrogen-bond donors (Lipinski definition) is 2. The van der Waals surface area contributed by atoms with Gasteiger partial charge in [0.25, 0.3) is 0 Å². The lowest BCUT2D eigenvalue weighted by atomic mass is 9.98. The number of methoxy groups -OCH3 is 1. The van der Waals surface area contributed by atoms with E-state index in [1.807, 2.05) is 0 Å². The first-order valence-corrected chi connectivity index (χ1v) is 6.86. The third-order valence-corrected chi connectivity index (χ3v) is 3.25. The molecule has 1 aliphatic rings. The number of halogens is 1. The zero-order valence-corrected chi connectivity index (χ0v) is 13.1. The number of hydrogen-bond acceptors (Lipinski definition) is 4. The Morgan fingerprint density at radius 2 is 2.20 bits per heavy atom. The van der Waals surface area contributed by atoms with Crippen LogP contribution in [0.25, 0.3) is 0 Å². The summed E-state index contributed by atoms with van der Waals surface area (Å²) in [4.78, 5) is 25.3. The summed E-state index contributed by atoms with van der Waals surface area (Å²) >= 11 is 0. The number of amides is 2. The molecule has 0 spiro atoms. The van der Waals surface area contributed by atoms with Gasteiger partial charge in [0.15, 0.2) is 0 Å². The Bertz CT molecular complexity index is 297. The van der Waals surface area contributed by atoms with Crippen LogP contribution in [0.5, 0.6) is 0 Å². The van der Waals surface area contributed by atoms with Crippen molar-refractivity contribution in [3.63, 3.8) is 0 Å². The van der Waals surface area contributed by atoms with E-state index in [2.05, 4.69) is 10.6 Å². The number of nitrogens with zero attached hydrogens (tertiary/aromatic N) is 1. The second-order valence-corrected chi connectivity index (χ2v) is 4.93. The molecule has 1 rings (SSSR count). The first kappa shape index (κ1) is 19.1. The smallest absolute Gasteiger partial charge is 0.239 e. The molecule has 1 saturated heterocycles. The lowest BCUT2D eigenvalue weighted by Crippen LogP contribution is -2.45. The molecule has 1 fully saturated rings. The summed E-state index contributed by atoms with van der Waals surface area (Å²) in [6, 6.07) is 0. The van der Waals surface area contributed by atoms with Gasteiger partial charge in [-0.3, -0.25) is 9.59 Å². The van der Waals surface area contributed by atoms with Crippen molar-refractivity contribution in [2.45, 2.75) is 19.3 Å². The lowest BCUT2D eigenvalue weighted by molar-refractivity contribution is -0.138. The van der Waals surface area contributed by atoms with Crippen molar-refractivity contribution < 1.29 is 14.3 Å². The van der Waals surface area contributed by atoms with E-state index in [9.17, 15) is 9.59 Å². The monoisotopic (exact) mass is 307 g/mol. The Labute approximate surface area is 127 Å². The highest BCUT2D eigenvalue weighted by Gasteiger charge is 2.24. The molecule has 1 aliphatic heterocycles. The summed E-state index contributed by atoms with van der Waals surface area (Å²) in [5.74, 6) is -0.0463. The van der Waals surface area contributed by atoms with Gasteiger partial charge in [-0.05, 0) is 25.8 Å². The van der Waals surface area contributed by atoms with Crippen molar-refractivity contribution >= 4 is 24.2 Å². The maximum absolute atomic E-state index is 12.1. The number of carbonyl (C=O) groups is 2. The van der Waals surface area contributed by atoms with Gasteiger partial charge in [0.1, 0.15) is 0 Å². The first-order chi connectivity index (χ1) is 9.15. The average molecular weight is 308 g/mol. The third-order valence-electron chi connectivity index (χ3n) is 3.25. The van der Waals surface area contributed by atoms with Gasteiger partial charge < -0.3 is 20.3 Å². The number of nitrogens with one attached hydrogen (secondary N) is 2. The van der Waals surface area contributed by atoms with E-state index in [1.165, 1.54) is 4.90 Å². The van der Waals surface area contributed by atoms with E-state index < -0.39 is 0 Å². The van der Waals surface area contributed by atoms with E-state index in [0.717, 1.165) is 32.4 Å². The second kappa shape index (κ2) is 10.9. The van der Waals surface area contributed by atoms with E-state index in [4.69, 9.17) is 4.74 Å². The van der Waals surface area contributed by atoms with Gasteiger partial charge in [-0.2, -0.15) is 0 Å². The Balaban J connectivity index is 0.00000361. The van der Waals surface area contributed by atoms with Gasteiger partial charge in [-0.1, -0.05) is 0 Å². The average Bonchev–Trinajstić information content (AvgIpc) is 2.43. The summed E-state index contributed by atoms with van der Waals surface area (Å²) in [7, 11) is 3.32. The highest BCUT2D eigenvalue weighted by molar-refractivity contribution is 5.86. The molecule has 1 unspecified atom stereocenters. The van der Waals surface area contributed by atoms with Gasteiger partial charge >= 0.3 is 0 Å². The van der Waals surface area contributed by atoms with Crippen molar-refractivity contribution in [2.75, 3.05) is 46.9 Å². The summed E-state index contributed by atoms with van der Waals surface area (Å²) in [5.41, 5.74) is 0. The Hall–Kier alpha value is -0.850. The van der Waals surface area contributed by atoms with Crippen LogP contribution in [0.15, 0.2) is 0 Å². The molecule has 20 heavy (non-hydrogen) atoms. The highest BCUT2D eigenvalue weighted by Crippen LogP contribution is 2.12. The topological polar surface area (TPSA) is 70.7 Å². The highest BCUT2D eigenvalue weighted by atomic mass is 35.5. The zero-order chi connectivity index (χ0) is 14.1. The second-order valence-electron chi connectivity index (χ2n) is 4.93. The van der Waals surface area contributed by atoms with Crippen LogP contribution >= 0.6 is 12.4 Å². The minimum absolute atomic E-state index is 0. The first-order valence-electron chi connectivity index (χ1n) is 6.86. The summed E-state index contributed by atoms with van der Waals surface area (Å²) in [6.07, 6.45) is 2.71. The maximum Gasteiger partial charge on any atom is 0.239 e. The molecule has 1 atom stereocenters. The number of likely N-dealkylation sites (N-methyl/N-ethyl adjacent to an activating group) is 1. The van der Waals surface area contributed by atoms with Crippen molar-refractivity contribution in [3.05, 3.63) is 0 Å². The molecule has 0 aromatic heterocycles. The molecule has 0 aliphatic carbocycles. The molecule has 2 amide bonds. The molecule has 7 heteroatoms. The molecule has 0 radical (unpaired) electrons. The van der Waals surface area contributed by atoms with Crippen LogP contribution in [0.4, 0.5) is 0 Å². The molecule has 0 bridgehead atoms. The van der Waals surface area contributed by atoms with Crippen LogP contribution in [0.1, 0.15) is 19.3 Å². The molecular formula is C13H26ClN3O3. The van der Waals surface area contributed by atoms with Crippen molar-refractivity contribution in [1.29, 1.82) is 0 Å². The van der Waals surface area contributed by atoms with Gasteiger partial charge in [-0.25, -0.2) is 0 Å². The number of rotatable bonds is 7. The van der Waals surface area contributed by atoms with Crippen molar-refractivity contribution in [1.82, 2.24) is 15.5 Å². The maximum atomic E-state index is 12.1. The van der Waals surface area contributed by atoms with Crippen LogP contribution in [0, 0.1) is 5.92 Å². The normalized spacial score (nSPS) is 18.0.